The normalized spacial score (nSPS) is 9.75. The Kier molecular flexibility index (Phi) is 7.48. The van der Waals surface area contributed by atoms with Gasteiger partial charge in [-0.3, -0.25) is 0 Å². The minimum atomic E-state index is 0. The minimum absolute atomic E-state index is 0. The quantitative estimate of drug-likeness (QED) is 0.482. The van der Waals surface area contributed by atoms with E-state index >= 15 is 0 Å². The standard InChI is InChI=1S/C6H15N.ClH/c1-5(2)7-6(3)4;/h5-7H,1-4H3;1H/p-1. The van der Waals surface area contributed by atoms with Gasteiger partial charge in [-0.2, -0.15) is 0 Å². The second-order valence-corrected chi connectivity index (χ2v) is 2.48. The Morgan fingerprint density at radius 1 is 0.875 bits per heavy atom. The molecule has 0 unspecified atom stereocenters. The van der Waals surface area contributed by atoms with E-state index in [0.29, 0.717) is 12.1 Å². The average Bonchev–Trinajstić information content (AvgIpc) is 1.27. The van der Waals surface area contributed by atoms with Crippen molar-refractivity contribution in [3.8, 4) is 0 Å². The van der Waals surface area contributed by atoms with Gasteiger partial charge in [-0.05, 0) is 0 Å². The summed E-state index contributed by atoms with van der Waals surface area (Å²) in [5.74, 6) is 0. The lowest BCUT2D eigenvalue weighted by Gasteiger charge is -2.10. The van der Waals surface area contributed by atoms with Crippen LogP contribution in [0.1, 0.15) is 27.7 Å². The molecule has 8 heavy (non-hydrogen) atoms. The Labute approximate surface area is 58.3 Å². The first-order chi connectivity index (χ1) is 3.13. The van der Waals surface area contributed by atoms with Gasteiger partial charge < -0.3 is 17.7 Å². The zero-order valence-electron chi connectivity index (χ0n) is 6.03. The first-order valence-electron chi connectivity index (χ1n) is 2.89. The second kappa shape index (κ2) is 5.39. The fourth-order valence-corrected chi connectivity index (χ4v) is 0.667. The molecule has 2 heteroatoms. The van der Waals surface area contributed by atoms with Crippen LogP contribution >= 0.6 is 0 Å². The highest BCUT2D eigenvalue weighted by molar-refractivity contribution is 4.55. The van der Waals surface area contributed by atoms with Crippen LogP contribution < -0.4 is 17.7 Å². The van der Waals surface area contributed by atoms with Crippen LogP contribution in [0.2, 0.25) is 0 Å². The van der Waals surface area contributed by atoms with Crippen molar-refractivity contribution in [1.82, 2.24) is 5.32 Å². The number of hydrogen-bond donors (Lipinski definition) is 1. The van der Waals surface area contributed by atoms with Gasteiger partial charge >= 0.3 is 0 Å². The lowest BCUT2D eigenvalue weighted by molar-refractivity contribution is -0.00000219. The number of rotatable bonds is 2. The number of nitrogens with one attached hydrogen (secondary N) is 1. The summed E-state index contributed by atoms with van der Waals surface area (Å²) in [6, 6.07) is 1.25. The zero-order chi connectivity index (χ0) is 5.86. The van der Waals surface area contributed by atoms with Gasteiger partial charge in [0.15, 0.2) is 0 Å². The Morgan fingerprint density at radius 2 is 1.12 bits per heavy atom. The van der Waals surface area contributed by atoms with E-state index < -0.39 is 0 Å². The molecule has 0 aliphatic carbocycles. The van der Waals surface area contributed by atoms with Crippen molar-refractivity contribution >= 4 is 0 Å². The molecule has 0 spiro atoms. The largest absolute Gasteiger partial charge is 1.00 e. The summed E-state index contributed by atoms with van der Waals surface area (Å²) in [5.41, 5.74) is 0. The molecule has 1 N–H and O–H groups in total. The van der Waals surface area contributed by atoms with Crippen LogP contribution in [0.5, 0.6) is 0 Å². The first kappa shape index (κ1) is 11.1. The van der Waals surface area contributed by atoms with E-state index in [1.165, 1.54) is 0 Å². The maximum atomic E-state index is 3.31. The molecule has 0 atom stereocenters. The number of halogens is 1. The molecule has 0 aliphatic heterocycles. The van der Waals surface area contributed by atoms with Crippen molar-refractivity contribution in [3.05, 3.63) is 0 Å². The van der Waals surface area contributed by atoms with E-state index in [9.17, 15) is 0 Å². The van der Waals surface area contributed by atoms with E-state index in [-0.39, 0.29) is 12.4 Å². The van der Waals surface area contributed by atoms with Gasteiger partial charge in [-0.1, -0.05) is 27.7 Å². The van der Waals surface area contributed by atoms with Crippen LogP contribution in [-0.2, 0) is 0 Å². The molecule has 1 nitrogen and oxygen atoms in total. The monoisotopic (exact) mass is 136 g/mol. The molecule has 0 amide bonds. The lowest BCUT2D eigenvalue weighted by Crippen LogP contribution is -3.00. The van der Waals surface area contributed by atoms with E-state index in [0.717, 1.165) is 0 Å². The highest BCUT2D eigenvalue weighted by Crippen LogP contribution is 1.80. The third-order valence-electron chi connectivity index (χ3n) is 0.667. The van der Waals surface area contributed by atoms with Gasteiger partial charge in [0.1, 0.15) is 0 Å². The lowest BCUT2D eigenvalue weighted by atomic mass is 10.3. The van der Waals surface area contributed by atoms with E-state index in [2.05, 4.69) is 33.0 Å². The molecule has 0 aliphatic rings. The van der Waals surface area contributed by atoms with E-state index in [1.807, 2.05) is 0 Å². The van der Waals surface area contributed by atoms with Crippen LogP contribution in [0.3, 0.4) is 0 Å². The molecule has 0 bridgehead atoms. The van der Waals surface area contributed by atoms with Crippen LogP contribution in [0.4, 0.5) is 0 Å². The molecule has 0 fully saturated rings. The average molecular weight is 137 g/mol. The molecule has 0 saturated carbocycles. The SMILES string of the molecule is CC(C)NC(C)C.[Cl-]. The highest BCUT2D eigenvalue weighted by atomic mass is 35.5. The summed E-state index contributed by atoms with van der Waals surface area (Å²) >= 11 is 0. The topological polar surface area (TPSA) is 12.0 Å². The van der Waals surface area contributed by atoms with Crippen molar-refractivity contribution in [2.45, 2.75) is 39.8 Å². The molecule has 0 aromatic rings. The summed E-state index contributed by atoms with van der Waals surface area (Å²) in [6.07, 6.45) is 0. The third kappa shape index (κ3) is 9.54. The van der Waals surface area contributed by atoms with Gasteiger partial charge in [0, 0.05) is 12.1 Å². The smallest absolute Gasteiger partial charge is 0.00127 e. The van der Waals surface area contributed by atoms with E-state index in [4.69, 9.17) is 0 Å². The molecular weight excluding hydrogens is 122 g/mol. The Hall–Kier alpha value is 0.250. The van der Waals surface area contributed by atoms with Gasteiger partial charge in [0.05, 0.1) is 0 Å². The van der Waals surface area contributed by atoms with E-state index in [1.54, 1.807) is 0 Å². The minimum Gasteiger partial charge on any atom is -1.00 e. The molecule has 52 valence electrons. The third-order valence-corrected chi connectivity index (χ3v) is 0.667. The zero-order valence-corrected chi connectivity index (χ0v) is 6.79. The van der Waals surface area contributed by atoms with Crippen molar-refractivity contribution in [1.29, 1.82) is 0 Å². The Bertz CT molecular complexity index is 37.8. The van der Waals surface area contributed by atoms with Crippen LogP contribution in [0, 0.1) is 0 Å². The van der Waals surface area contributed by atoms with Crippen LogP contribution in [-0.4, -0.2) is 12.1 Å². The van der Waals surface area contributed by atoms with Gasteiger partial charge in [-0.25, -0.2) is 0 Å². The fourth-order valence-electron chi connectivity index (χ4n) is 0.667. The molecule has 0 saturated heterocycles. The summed E-state index contributed by atoms with van der Waals surface area (Å²) < 4.78 is 0. The predicted molar refractivity (Wildman–Crippen MR) is 33.4 cm³/mol. The second-order valence-electron chi connectivity index (χ2n) is 2.48. The summed E-state index contributed by atoms with van der Waals surface area (Å²) in [4.78, 5) is 0. The highest BCUT2D eigenvalue weighted by Gasteiger charge is 1.92. The molecular formula is C6H15ClN-. The summed E-state index contributed by atoms with van der Waals surface area (Å²) in [6.45, 7) is 8.61. The molecule has 0 radical (unpaired) electrons. The van der Waals surface area contributed by atoms with Gasteiger partial charge in [0.25, 0.3) is 0 Å². The Morgan fingerprint density at radius 3 is 1.12 bits per heavy atom. The fraction of sp³-hybridized carbons (Fsp3) is 1.00. The summed E-state index contributed by atoms with van der Waals surface area (Å²) in [5, 5.41) is 3.31. The molecule has 0 rings (SSSR count). The van der Waals surface area contributed by atoms with Crippen molar-refractivity contribution in [2.75, 3.05) is 0 Å². The first-order valence-corrected chi connectivity index (χ1v) is 2.89. The Balaban J connectivity index is 0. The van der Waals surface area contributed by atoms with Crippen LogP contribution in [0.15, 0.2) is 0 Å². The predicted octanol–water partition coefficient (Wildman–Crippen LogP) is -1.60. The maximum absolute atomic E-state index is 3.31. The number of hydrogen-bond acceptors (Lipinski definition) is 1. The van der Waals surface area contributed by atoms with Crippen molar-refractivity contribution < 1.29 is 12.4 Å². The summed E-state index contributed by atoms with van der Waals surface area (Å²) in [7, 11) is 0. The maximum Gasteiger partial charge on any atom is 0.00127 e. The van der Waals surface area contributed by atoms with Gasteiger partial charge in [0.2, 0.25) is 0 Å². The molecule has 0 aromatic heterocycles. The molecule has 0 aromatic carbocycles. The van der Waals surface area contributed by atoms with Crippen molar-refractivity contribution in [3.63, 3.8) is 0 Å². The molecule has 0 heterocycles. The van der Waals surface area contributed by atoms with Crippen molar-refractivity contribution in [2.24, 2.45) is 0 Å². The van der Waals surface area contributed by atoms with Gasteiger partial charge in [-0.15, -0.1) is 0 Å². The van der Waals surface area contributed by atoms with Crippen LogP contribution in [0.25, 0.3) is 0 Å².